The van der Waals surface area contributed by atoms with Crippen LogP contribution < -0.4 is 0 Å². The van der Waals surface area contributed by atoms with E-state index in [9.17, 15) is 0 Å². The van der Waals surface area contributed by atoms with Crippen LogP contribution in [0.5, 0.6) is 0 Å². The zero-order valence-electron chi connectivity index (χ0n) is 8.95. The van der Waals surface area contributed by atoms with Crippen LogP contribution in [-0.2, 0) is 13.0 Å². The molecule has 2 heterocycles. The lowest BCUT2D eigenvalue weighted by atomic mass is 10.4. The molecule has 0 aromatic carbocycles. The van der Waals surface area contributed by atoms with Crippen molar-refractivity contribution < 1.29 is 0 Å². The molecule has 14 heavy (non-hydrogen) atoms. The van der Waals surface area contributed by atoms with Crippen molar-refractivity contribution in [1.29, 1.82) is 0 Å². The van der Waals surface area contributed by atoms with E-state index in [1.54, 1.807) is 0 Å². The van der Waals surface area contributed by atoms with E-state index >= 15 is 0 Å². The van der Waals surface area contributed by atoms with Gasteiger partial charge in [0.25, 0.3) is 0 Å². The maximum Gasteiger partial charge on any atom is 0.0949 e. The molecule has 1 aliphatic heterocycles. The summed E-state index contributed by atoms with van der Waals surface area (Å²) in [7, 11) is 0. The van der Waals surface area contributed by atoms with E-state index in [0.29, 0.717) is 0 Å². The first-order valence-corrected chi connectivity index (χ1v) is 5.61. The second kappa shape index (κ2) is 4.60. The Morgan fingerprint density at radius 3 is 2.71 bits per heavy atom. The lowest BCUT2D eigenvalue weighted by Gasteiger charge is -2.14. The Labute approximate surface area is 85.7 Å². The summed E-state index contributed by atoms with van der Waals surface area (Å²) >= 11 is 0. The van der Waals surface area contributed by atoms with Gasteiger partial charge in [0.2, 0.25) is 0 Å². The predicted octanol–water partition coefficient (Wildman–Crippen LogP) is 1.54. The Morgan fingerprint density at radius 1 is 1.29 bits per heavy atom. The van der Waals surface area contributed by atoms with Crippen LogP contribution in [0, 0.1) is 0 Å². The molecule has 3 nitrogen and oxygen atoms in total. The summed E-state index contributed by atoms with van der Waals surface area (Å²) in [5.74, 6) is 0. The first kappa shape index (κ1) is 9.71. The molecule has 0 aliphatic carbocycles. The first-order chi connectivity index (χ1) is 6.88. The summed E-state index contributed by atoms with van der Waals surface area (Å²) in [5.41, 5.74) is 1.20. The quantitative estimate of drug-likeness (QED) is 0.723. The van der Waals surface area contributed by atoms with Crippen molar-refractivity contribution in [3.05, 3.63) is 18.2 Å². The van der Waals surface area contributed by atoms with Crippen molar-refractivity contribution >= 4 is 0 Å². The molecule has 1 aromatic rings. The van der Waals surface area contributed by atoms with Crippen LogP contribution in [0.4, 0.5) is 0 Å². The molecule has 0 spiro atoms. The molecule has 1 aliphatic rings. The van der Waals surface area contributed by atoms with Gasteiger partial charge in [-0.2, -0.15) is 0 Å². The molecule has 0 unspecified atom stereocenters. The summed E-state index contributed by atoms with van der Waals surface area (Å²) in [6.45, 7) is 6.99. The number of rotatable bonds is 4. The number of imidazole rings is 1. The highest BCUT2D eigenvalue weighted by molar-refractivity contribution is 4.95. The fourth-order valence-corrected chi connectivity index (χ4v) is 1.97. The van der Waals surface area contributed by atoms with Crippen LogP contribution in [0.15, 0.2) is 12.5 Å². The Balaban J connectivity index is 1.79. The van der Waals surface area contributed by atoms with E-state index < -0.39 is 0 Å². The highest BCUT2D eigenvalue weighted by Gasteiger charge is 2.10. The van der Waals surface area contributed by atoms with E-state index in [-0.39, 0.29) is 0 Å². The Kier molecular flexibility index (Phi) is 3.19. The van der Waals surface area contributed by atoms with Gasteiger partial charge in [0.15, 0.2) is 0 Å². The zero-order chi connectivity index (χ0) is 9.80. The molecule has 0 N–H and O–H groups in total. The summed E-state index contributed by atoms with van der Waals surface area (Å²) in [6, 6.07) is 0. The maximum atomic E-state index is 4.32. The number of aryl methyl sites for hydroxylation is 1. The van der Waals surface area contributed by atoms with Crippen LogP contribution in [0.2, 0.25) is 0 Å². The van der Waals surface area contributed by atoms with Gasteiger partial charge in [0.1, 0.15) is 0 Å². The van der Waals surface area contributed by atoms with Crippen molar-refractivity contribution in [2.75, 3.05) is 19.6 Å². The highest BCUT2D eigenvalue weighted by Crippen LogP contribution is 2.07. The third kappa shape index (κ3) is 2.35. The molecule has 3 heteroatoms. The minimum atomic E-state index is 1.04. The monoisotopic (exact) mass is 193 g/mol. The molecule has 1 aromatic heterocycles. The van der Waals surface area contributed by atoms with Crippen LogP contribution in [-0.4, -0.2) is 34.1 Å². The Bertz CT molecular complexity index is 274. The average Bonchev–Trinajstić information content (AvgIpc) is 2.86. The fourth-order valence-electron chi connectivity index (χ4n) is 1.97. The third-order valence-corrected chi connectivity index (χ3v) is 2.92. The largest absolute Gasteiger partial charge is 0.336 e. The Morgan fingerprint density at radius 2 is 2.07 bits per heavy atom. The Hall–Kier alpha value is -0.830. The molecule has 0 saturated carbocycles. The van der Waals surface area contributed by atoms with E-state index in [0.717, 1.165) is 13.0 Å². The summed E-state index contributed by atoms with van der Waals surface area (Å²) in [6.07, 6.45) is 7.91. The average molecular weight is 193 g/mol. The van der Waals surface area contributed by atoms with Gasteiger partial charge in [0.05, 0.1) is 12.0 Å². The molecular formula is C11H19N3. The minimum absolute atomic E-state index is 1.04. The van der Waals surface area contributed by atoms with Crippen LogP contribution in [0.3, 0.4) is 0 Å². The predicted molar refractivity (Wildman–Crippen MR) is 57.3 cm³/mol. The first-order valence-electron chi connectivity index (χ1n) is 5.61. The zero-order valence-corrected chi connectivity index (χ0v) is 8.95. The summed E-state index contributed by atoms with van der Waals surface area (Å²) in [5, 5.41) is 0. The number of aromatic nitrogens is 2. The van der Waals surface area contributed by atoms with Gasteiger partial charge in [0, 0.05) is 19.3 Å². The van der Waals surface area contributed by atoms with Crippen molar-refractivity contribution in [3.8, 4) is 0 Å². The molecule has 0 bridgehead atoms. The van der Waals surface area contributed by atoms with Gasteiger partial charge in [-0.1, -0.05) is 6.92 Å². The minimum Gasteiger partial charge on any atom is -0.336 e. The molecule has 78 valence electrons. The van der Waals surface area contributed by atoms with Gasteiger partial charge in [-0.3, -0.25) is 0 Å². The van der Waals surface area contributed by atoms with E-state index in [4.69, 9.17) is 0 Å². The topological polar surface area (TPSA) is 21.1 Å². The summed E-state index contributed by atoms with van der Waals surface area (Å²) in [4.78, 5) is 6.86. The number of hydrogen-bond donors (Lipinski definition) is 0. The number of likely N-dealkylation sites (tertiary alicyclic amines) is 1. The summed E-state index contributed by atoms with van der Waals surface area (Å²) < 4.78 is 2.21. The van der Waals surface area contributed by atoms with Crippen molar-refractivity contribution in [3.63, 3.8) is 0 Å². The molecule has 0 amide bonds. The second-order valence-electron chi connectivity index (χ2n) is 4.01. The SMILES string of the molecule is CCc1cn(CCN2CCCC2)cn1. The lowest BCUT2D eigenvalue weighted by molar-refractivity contribution is 0.322. The molecular weight excluding hydrogens is 174 g/mol. The lowest BCUT2D eigenvalue weighted by Crippen LogP contribution is -2.23. The molecule has 0 atom stereocenters. The molecule has 1 saturated heterocycles. The number of hydrogen-bond acceptors (Lipinski definition) is 2. The second-order valence-corrected chi connectivity index (χ2v) is 4.01. The van der Waals surface area contributed by atoms with Gasteiger partial charge >= 0.3 is 0 Å². The van der Waals surface area contributed by atoms with Gasteiger partial charge in [-0.05, 0) is 32.4 Å². The van der Waals surface area contributed by atoms with Gasteiger partial charge < -0.3 is 9.47 Å². The smallest absolute Gasteiger partial charge is 0.0949 e. The fraction of sp³-hybridized carbons (Fsp3) is 0.727. The van der Waals surface area contributed by atoms with E-state index in [2.05, 4.69) is 27.6 Å². The van der Waals surface area contributed by atoms with Crippen LogP contribution in [0.25, 0.3) is 0 Å². The van der Waals surface area contributed by atoms with Gasteiger partial charge in [-0.25, -0.2) is 4.98 Å². The van der Waals surface area contributed by atoms with Crippen LogP contribution >= 0.6 is 0 Å². The van der Waals surface area contributed by atoms with Crippen molar-refractivity contribution in [1.82, 2.24) is 14.5 Å². The van der Waals surface area contributed by atoms with Crippen molar-refractivity contribution in [2.45, 2.75) is 32.7 Å². The number of nitrogens with zero attached hydrogens (tertiary/aromatic N) is 3. The van der Waals surface area contributed by atoms with E-state index in [1.165, 1.54) is 38.2 Å². The normalized spacial score (nSPS) is 17.8. The molecule has 1 fully saturated rings. The highest BCUT2D eigenvalue weighted by atomic mass is 15.2. The van der Waals surface area contributed by atoms with Crippen LogP contribution in [0.1, 0.15) is 25.5 Å². The van der Waals surface area contributed by atoms with E-state index in [1.807, 2.05) is 6.33 Å². The van der Waals surface area contributed by atoms with Crippen molar-refractivity contribution in [2.24, 2.45) is 0 Å². The molecule has 2 rings (SSSR count). The maximum absolute atomic E-state index is 4.32. The standard InChI is InChI=1S/C11H19N3/c1-2-11-9-14(10-12-11)8-7-13-5-3-4-6-13/h9-10H,2-8H2,1H3. The molecule has 0 radical (unpaired) electrons. The van der Waals surface area contributed by atoms with Gasteiger partial charge in [-0.15, -0.1) is 0 Å². The third-order valence-electron chi connectivity index (χ3n) is 2.92.